The van der Waals surface area contributed by atoms with Crippen molar-refractivity contribution in [2.24, 2.45) is 7.05 Å². The minimum absolute atomic E-state index is 0.0767. The second kappa shape index (κ2) is 8.87. The molecule has 0 aliphatic carbocycles. The maximum Gasteiger partial charge on any atom is 0.253 e. The number of carbonyl (C=O) groups is 1. The molecule has 0 fully saturated rings. The minimum atomic E-state index is -0.163. The molecule has 2 aromatic carbocycles. The number of nitrogens with zero attached hydrogens (tertiary/aromatic N) is 3. The second-order valence-electron chi connectivity index (χ2n) is 7.34. The first-order valence-electron chi connectivity index (χ1n) is 10.1. The lowest BCUT2D eigenvalue weighted by atomic mass is 10.1. The standard InChI is InChI=1S/C24H24N4O3/c1-27-15-18(20-5-3-4-6-22(20)27)13-23(29)25-11-12-28-16-26-21(14-24(28)30)17-7-9-19(31-2)10-8-17/h3-10,14-16H,11-13H2,1-2H3,(H,25,29). The smallest absolute Gasteiger partial charge is 0.253 e. The summed E-state index contributed by atoms with van der Waals surface area (Å²) in [6.45, 7) is 0.711. The molecule has 4 aromatic rings. The molecule has 7 heteroatoms. The number of carbonyl (C=O) groups excluding carboxylic acids is 1. The number of methoxy groups -OCH3 is 1. The Balaban J connectivity index is 1.35. The Morgan fingerprint density at radius 1 is 1.13 bits per heavy atom. The molecule has 0 radical (unpaired) electrons. The summed E-state index contributed by atoms with van der Waals surface area (Å²) in [5, 5.41) is 3.97. The molecule has 0 aliphatic heterocycles. The normalized spacial score (nSPS) is 10.9. The van der Waals surface area contributed by atoms with Crippen LogP contribution in [0.15, 0.2) is 71.9 Å². The summed E-state index contributed by atoms with van der Waals surface area (Å²) in [6.07, 6.45) is 3.79. The van der Waals surface area contributed by atoms with Gasteiger partial charge in [-0.25, -0.2) is 4.98 Å². The highest BCUT2D eigenvalue weighted by atomic mass is 16.5. The topological polar surface area (TPSA) is 78.1 Å². The van der Waals surface area contributed by atoms with Crippen LogP contribution in [0, 0.1) is 0 Å². The number of amides is 1. The van der Waals surface area contributed by atoms with Crippen LogP contribution in [-0.2, 0) is 24.8 Å². The molecule has 0 unspecified atom stereocenters. The lowest BCUT2D eigenvalue weighted by Crippen LogP contribution is -2.31. The number of fused-ring (bicyclic) bond motifs is 1. The van der Waals surface area contributed by atoms with Crippen LogP contribution >= 0.6 is 0 Å². The highest BCUT2D eigenvalue weighted by Crippen LogP contribution is 2.21. The Labute approximate surface area is 179 Å². The first kappa shape index (κ1) is 20.4. The summed E-state index contributed by atoms with van der Waals surface area (Å²) in [5.41, 5.74) is 3.36. The van der Waals surface area contributed by atoms with Gasteiger partial charge in [-0.1, -0.05) is 18.2 Å². The van der Waals surface area contributed by atoms with Crippen molar-refractivity contribution in [3.05, 3.63) is 83.0 Å². The zero-order valence-electron chi connectivity index (χ0n) is 17.5. The quantitative estimate of drug-likeness (QED) is 0.503. The average Bonchev–Trinajstić information content (AvgIpc) is 3.10. The van der Waals surface area contributed by atoms with Crippen molar-refractivity contribution in [2.45, 2.75) is 13.0 Å². The number of rotatable bonds is 7. The highest BCUT2D eigenvalue weighted by molar-refractivity contribution is 5.89. The molecule has 2 heterocycles. The van der Waals surface area contributed by atoms with Crippen LogP contribution in [0.25, 0.3) is 22.2 Å². The average molecular weight is 416 g/mol. The molecule has 0 spiro atoms. The molecule has 7 nitrogen and oxygen atoms in total. The van der Waals surface area contributed by atoms with Crippen molar-refractivity contribution in [3.63, 3.8) is 0 Å². The summed E-state index contributed by atoms with van der Waals surface area (Å²) >= 11 is 0. The van der Waals surface area contributed by atoms with Crippen LogP contribution in [0.3, 0.4) is 0 Å². The number of ether oxygens (including phenoxy) is 1. The van der Waals surface area contributed by atoms with Gasteiger partial charge in [0.15, 0.2) is 0 Å². The third-order valence-corrected chi connectivity index (χ3v) is 5.27. The van der Waals surface area contributed by atoms with Crippen LogP contribution in [0.5, 0.6) is 5.75 Å². The third-order valence-electron chi connectivity index (χ3n) is 5.27. The maximum absolute atomic E-state index is 12.4. The van der Waals surface area contributed by atoms with Crippen molar-refractivity contribution in [1.82, 2.24) is 19.4 Å². The van der Waals surface area contributed by atoms with Crippen LogP contribution < -0.4 is 15.6 Å². The van der Waals surface area contributed by atoms with Gasteiger partial charge in [0.25, 0.3) is 5.56 Å². The fourth-order valence-electron chi connectivity index (χ4n) is 3.63. The van der Waals surface area contributed by atoms with Gasteiger partial charge in [-0.15, -0.1) is 0 Å². The van der Waals surface area contributed by atoms with Gasteiger partial charge in [0.1, 0.15) is 5.75 Å². The predicted molar refractivity (Wildman–Crippen MR) is 120 cm³/mol. The van der Waals surface area contributed by atoms with E-state index >= 15 is 0 Å². The van der Waals surface area contributed by atoms with Gasteiger partial charge in [0.05, 0.1) is 25.6 Å². The summed E-state index contributed by atoms with van der Waals surface area (Å²) in [4.78, 5) is 29.2. The lowest BCUT2D eigenvalue weighted by Gasteiger charge is -2.08. The molecule has 1 amide bonds. The van der Waals surface area contributed by atoms with Crippen molar-refractivity contribution in [3.8, 4) is 17.0 Å². The molecule has 31 heavy (non-hydrogen) atoms. The number of aryl methyl sites for hydroxylation is 1. The Morgan fingerprint density at radius 2 is 1.90 bits per heavy atom. The van der Waals surface area contributed by atoms with Gasteiger partial charge in [-0.3, -0.25) is 14.2 Å². The van der Waals surface area contributed by atoms with E-state index in [-0.39, 0.29) is 11.5 Å². The van der Waals surface area contributed by atoms with Gasteiger partial charge >= 0.3 is 0 Å². The van der Waals surface area contributed by atoms with Crippen LogP contribution in [0.2, 0.25) is 0 Å². The molecule has 0 saturated heterocycles. The molecular formula is C24H24N4O3. The van der Waals surface area contributed by atoms with Crippen molar-refractivity contribution < 1.29 is 9.53 Å². The Hall–Kier alpha value is -3.87. The largest absolute Gasteiger partial charge is 0.497 e. The van der Waals surface area contributed by atoms with Gasteiger partial charge in [-0.2, -0.15) is 0 Å². The van der Waals surface area contributed by atoms with E-state index in [1.807, 2.05) is 66.3 Å². The molecule has 2 aromatic heterocycles. The van der Waals surface area contributed by atoms with E-state index in [1.54, 1.807) is 7.11 Å². The second-order valence-corrected chi connectivity index (χ2v) is 7.34. The Kier molecular flexibility index (Phi) is 5.84. The molecule has 0 atom stereocenters. The monoisotopic (exact) mass is 416 g/mol. The SMILES string of the molecule is COc1ccc(-c2cc(=O)n(CCNC(=O)Cc3cn(C)c4ccccc34)cn2)cc1. The molecule has 0 aliphatic rings. The van der Waals surface area contributed by atoms with E-state index in [0.29, 0.717) is 25.2 Å². The fourth-order valence-corrected chi connectivity index (χ4v) is 3.63. The third kappa shape index (κ3) is 4.50. The molecular weight excluding hydrogens is 392 g/mol. The van der Waals surface area contributed by atoms with Gasteiger partial charge in [-0.05, 0) is 35.9 Å². The molecule has 0 bridgehead atoms. The Bertz CT molecular complexity index is 1270. The zero-order valence-corrected chi connectivity index (χ0v) is 17.5. The van der Waals surface area contributed by atoms with E-state index in [0.717, 1.165) is 27.8 Å². The van der Waals surface area contributed by atoms with Crippen molar-refractivity contribution >= 4 is 16.8 Å². The van der Waals surface area contributed by atoms with Crippen LogP contribution in [0.1, 0.15) is 5.56 Å². The number of nitrogens with one attached hydrogen (secondary N) is 1. The number of hydrogen-bond donors (Lipinski definition) is 1. The summed E-state index contributed by atoms with van der Waals surface area (Å²) in [6, 6.07) is 16.9. The van der Waals surface area contributed by atoms with Gasteiger partial charge in [0.2, 0.25) is 5.91 Å². The lowest BCUT2D eigenvalue weighted by molar-refractivity contribution is -0.120. The van der Waals surface area contributed by atoms with E-state index < -0.39 is 0 Å². The summed E-state index contributed by atoms with van der Waals surface area (Å²) in [7, 11) is 3.58. The maximum atomic E-state index is 12.4. The van der Waals surface area contributed by atoms with E-state index in [2.05, 4.69) is 10.3 Å². The predicted octanol–water partition coefficient (Wildman–Crippen LogP) is 2.77. The first-order chi connectivity index (χ1) is 15.0. The van der Waals surface area contributed by atoms with Crippen LogP contribution in [0.4, 0.5) is 0 Å². The fraction of sp³-hybridized carbons (Fsp3) is 0.208. The van der Waals surface area contributed by atoms with Crippen molar-refractivity contribution in [1.29, 1.82) is 0 Å². The number of benzene rings is 2. The van der Waals surface area contributed by atoms with Gasteiger partial charge in [0, 0.05) is 48.9 Å². The summed E-state index contributed by atoms with van der Waals surface area (Å²) in [5.74, 6) is 0.670. The number of aromatic nitrogens is 3. The van der Waals surface area contributed by atoms with E-state index in [1.165, 1.54) is 17.0 Å². The molecule has 158 valence electrons. The van der Waals surface area contributed by atoms with E-state index in [9.17, 15) is 9.59 Å². The first-order valence-corrected chi connectivity index (χ1v) is 10.1. The zero-order chi connectivity index (χ0) is 21.8. The van der Waals surface area contributed by atoms with E-state index in [4.69, 9.17) is 4.74 Å². The number of hydrogen-bond acceptors (Lipinski definition) is 4. The molecule has 1 N–H and O–H groups in total. The number of para-hydroxylation sites is 1. The highest BCUT2D eigenvalue weighted by Gasteiger charge is 2.10. The summed E-state index contributed by atoms with van der Waals surface area (Å²) < 4.78 is 8.66. The van der Waals surface area contributed by atoms with Crippen molar-refractivity contribution in [2.75, 3.05) is 13.7 Å². The minimum Gasteiger partial charge on any atom is -0.497 e. The Morgan fingerprint density at radius 3 is 2.65 bits per heavy atom. The van der Waals surface area contributed by atoms with Gasteiger partial charge < -0.3 is 14.6 Å². The molecule has 4 rings (SSSR count). The van der Waals surface area contributed by atoms with Crippen LogP contribution in [-0.4, -0.2) is 33.7 Å². The molecule has 0 saturated carbocycles.